The molecule has 0 aliphatic carbocycles. The third kappa shape index (κ3) is 7.50. The van der Waals surface area contributed by atoms with Gasteiger partial charge in [-0.25, -0.2) is 0 Å². The van der Waals surface area contributed by atoms with Crippen molar-refractivity contribution in [2.75, 3.05) is 19.7 Å². The minimum Gasteiger partial charge on any atom is -0.396 e. The monoisotopic (exact) mass is 174 g/mol. The van der Waals surface area contributed by atoms with E-state index in [-0.39, 0.29) is 12.5 Å². The molecule has 0 radical (unpaired) electrons. The largest absolute Gasteiger partial charge is 0.396 e. The first-order valence-corrected chi connectivity index (χ1v) is 4.39. The summed E-state index contributed by atoms with van der Waals surface area (Å²) in [4.78, 5) is 11.0. The van der Waals surface area contributed by atoms with E-state index in [1.54, 1.807) is 0 Å². The number of nitrogens with one attached hydrogen (secondary N) is 1. The molecule has 4 nitrogen and oxygen atoms in total. The summed E-state index contributed by atoms with van der Waals surface area (Å²) in [5.41, 5.74) is 5.25. The fourth-order valence-electron chi connectivity index (χ4n) is 0.816. The van der Waals surface area contributed by atoms with E-state index in [0.29, 0.717) is 25.9 Å². The number of carbonyl (C=O) groups excluding carboxylic acids is 1. The number of amides is 1. The zero-order chi connectivity index (χ0) is 9.23. The van der Waals surface area contributed by atoms with Crippen LogP contribution in [0.2, 0.25) is 0 Å². The van der Waals surface area contributed by atoms with Crippen molar-refractivity contribution in [1.82, 2.24) is 5.32 Å². The second kappa shape index (κ2) is 8.49. The highest BCUT2D eigenvalue weighted by Crippen LogP contribution is 1.93. The van der Waals surface area contributed by atoms with Gasteiger partial charge in [0.2, 0.25) is 5.91 Å². The van der Waals surface area contributed by atoms with Gasteiger partial charge in [0, 0.05) is 19.6 Å². The molecule has 0 aliphatic rings. The van der Waals surface area contributed by atoms with E-state index in [0.717, 1.165) is 12.8 Å². The molecule has 0 spiro atoms. The Morgan fingerprint density at radius 2 is 2.08 bits per heavy atom. The summed E-state index contributed by atoms with van der Waals surface area (Å²) in [6, 6.07) is 0. The number of hydrogen-bond donors (Lipinski definition) is 3. The minimum atomic E-state index is 0.0527. The lowest BCUT2D eigenvalue weighted by Gasteiger charge is -2.02. The Kier molecular flexibility index (Phi) is 8.05. The van der Waals surface area contributed by atoms with Crippen LogP contribution in [0.4, 0.5) is 0 Å². The van der Waals surface area contributed by atoms with Gasteiger partial charge >= 0.3 is 0 Å². The molecule has 0 heterocycles. The summed E-state index contributed by atoms with van der Waals surface area (Å²) >= 11 is 0. The van der Waals surface area contributed by atoms with Crippen molar-refractivity contribution in [1.29, 1.82) is 0 Å². The molecule has 4 N–H and O–H groups in total. The summed E-state index contributed by atoms with van der Waals surface area (Å²) in [6.07, 6.45) is 2.78. The second-order valence-corrected chi connectivity index (χ2v) is 2.67. The van der Waals surface area contributed by atoms with Gasteiger partial charge in [-0.15, -0.1) is 0 Å². The number of aliphatic hydroxyl groups excluding tert-OH is 1. The molecule has 0 unspecified atom stereocenters. The number of hydrogen-bond acceptors (Lipinski definition) is 3. The molecule has 0 atom stereocenters. The van der Waals surface area contributed by atoms with Gasteiger partial charge in [-0.05, 0) is 25.8 Å². The Balaban J connectivity index is 3.10. The predicted octanol–water partition coefficient (Wildman–Crippen LogP) is -0.386. The molecule has 0 bridgehead atoms. The molecule has 0 saturated carbocycles. The van der Waals surface area contributed by atoms with Crippen LogP contribution < -0.4 is 11.1 Å². The van der Waals surface area contributed by atoms with E-state index in [9.17, 15) is 4.79 Å². The second-order valence-electron chi connectivity index (χ2n) is 2.67. The van der Waals surface area contributed by atoms with Gasteiger partial charge in [0.25, 0.3) is 0 Å². The highest BCUT2D eigenvalue weighted by atomic mass is 16.2. The summed E-state index contributed by atoms with van der Waals surface area (Å²) in [6.45, 7) is 1.43. The maximum Gasteiger partial charge on any atom is 0.219 e. The summed E-state index contributed by atoms with van der Waals surface area (Å²) in [5.74, 6) is 0.0527. The first kappa shape index (κ1) is 11.4. The maximum atomic E-state index is 11.0. The van der Waals surface area contributed by atoms with E-state index < -0.39 is 0 Å². The number of nitrogens with two attached hydrogens (primary N) is 1. The number of rotatable bonds is 7. The van der Waals surface area contributed by atoms with E-state index in [1.165, 1.54) is 0 Å². The van der Waals surface area contributed by atoms with Crippen LogP contribution in [-0.2, 0) is 4.79 Å². The van der Waals surface area contributed by atoms with Gasteiger partial charge in [0.05, 0.1) is 0 Å². The summed E-state index contributed by atoms with van der Waals surface area (Å²) < 4.78 is 0. The molecule has 4 heteroatoms. The van der Waals surface area contributed by atoms with Crippen LogP contribution in [0.1, 0.15) is 25.7 Å². The highest BCUT2D eigenvalue weighted by Gasteiger charge is 1.98. The van der Waals surface area contributed by atoms with Crippen molar-refractivity contribution in [3.05, 3.63) is 0 Å². The zero-order valence-corrected chi connectivity index (χ0v) is 7.38. The van der Waals surface area contributed by atoms with E-state index in [1.807, 2.05) is 0 Å². The van der Waals surface area contributed by atoms with Crippen LogP contribution in [0.25, 0.3) is 0 Å². The van der Waals surface area contributed by atoms with Crippen molar-refractivity contribution in [2.24, 2.45) is 5.73 Å². The Morgan fingerprint density at radius 1 is 1.33 bits per heavy atom. The Morgan fingerprint density at radius 3 is 2.67 bits per heavy atom. The fourth-order valence-corrected chi connectivity index (χ4v) is 0.816. The van der Waals surface area contributed by atoms with Crippen LogP contribution in [0.5, 0.6) is 0 Å². The number of unbranched alkanes of at least 4 members (excludes halogenated alkanes) is 1. The van der Waals surface area contributed by atoms with Crippen molar-refractivity contribution in [3.8, 4) is 0 Å². The first-order valence-electron chi connectivity index (χ1n) is 4.39. The molecule has 0 rings (SSSR count). The third-order valence-electron chi connectivity index (χ3n) is 1.52. The van der Waals surface area contributed by atoms with E-state index in [4.69, 9.17) is 10.8 Å². The van der Waals surface area contributed by atoms with Crippen LogP contribution in [0.15, 0.2) is 0 Å². The lowest BCUT2D eigenvalue weighted by atomic mass is 10.2. The van der Waals surface area contributed by atoms with Gasteiger partial charge in [-0.3, -0.25) is 4.79 Å². The molecule has 1 amide bonds. The number of carbonyl (C=O) groups is 1. The predicted molar refractivity (Wildman–Crippen MR) is 47.6 cm³/mol. The van der Waals surface area contributed by atoms with Crippen molar-refractivity contribution >= 4 is 5.91 Å². The van der Waals surface area contributed by atoms with Crippen LogP contribution in [-0.4, -0.2) is 30.7 Å². The molecule has 0 aromatic rings. The lowest BCUT2D eigenvalue weighted by molar-refractivity contribution is -0.121. The topological polar surface area (TPSA) is 75.3 Å². The van der Waals surface area contributed by atoms with Crippen molar-refractivity contribution in [3.63, 3.8) is 0 Å². The standard InChI is InChI=1S/C8H18N2O2/c9-5-3-6-10-8(12)4-1-2-7-11/h11H,1-7,9H2,(H,10,12). The quantitative estimate of drug-likeness (QED) is 0.460. The molecule has 0 aliphatic heterocycles. The van der Waals surface area contributed by atoms with Crippen LogP contribution >= 0.6 is 0 Å². The van der Waals surface area contributed by atoms with Crippen LogP contribution in [0, 0.1) is 0 Å². The van der Waals surface area contributed by atoms with Crippen molar-refractivity contribution < 1.29 is 9.90 Å². The molecule has 0 fully saturated rings. The highest BCUT2D eigenvalue weighted by molar-refractivity contribution is 5.75. The van der Waals surface area contributed by atoms with Crippen molar-refractivity contribution in [2.45, 2.75) is 25.7 Å². The molecule has 12 heavy (non-hydrogen) atoms. The van der Waals surface area contributed by atoms with E-state index >= 15 is 0 Å². The SMILES string of the molecule is NCCCNC(=O)CCCCO. The summed E-state index contributed by atoms with van der Waals surface area (Å²) in [5, 5.41) is 11.2. The Hall–Kier alpha value is -0.610. The van der Waals surface area contributed by atoms with Gasteiger partial charge in [0.1, 0.15) is 0 Å². The third-order valence-corrected chi connectivity index (χ3v) is 1.52. The molecular formula is C8H18N2O2. The first-order chi connectivity index (χ1) is 5.81. The lowest BCUT2D eigenvalue weighted by Crippen LogP contribution is -2.25. The summed E-state index contributed by atoms with van der Waals surface area (Å²) in [7, 11) is 0. The average molecular weight is 174 g/mol. The zero-order valence-electron chi connectivity index (χ0n) is 7.38. The van der Waals surface area contributed by atoms with Gasteiger partial charge < -0.3 is 16.2 Å². The normalized spacial score (nSPS) is 9.83. The van der Waals surface area contributed by atoms with Gasteiger partial charge in [-0.2, -0.15) is 0 Å². The Labute approximate surface area is 73.1 Å². The Bertz CT molecular complexity index is 106. The maximum absolute atomic E-state index is 11.0. The van der Waals surface area contributed by atoms with Crippen LogP contribution in [0.3, 0.4) is 0 Å². The molecule has 72 valence electrons. The molecular weight excluding hydrogens is 156 g/mol. The van der Waals surface area contributed by atoms with Gasteiger partial charge in [-0.1, -0.05) is 0 Å². The molecule has 0 aromatic carbocycles. The molecule has 0 saturated heterocycles. The fraction of sp³-hybridized carbons (Fsp3) is 0.875. The minimum absolute atomic E-state index is 0.0527. The number of aliphatic hydroxyl groups is 1. The van der Waals surface area contributed by atoms with E-state index in [2.05, 4.69) is 5.32 Å². The smallest absolute Gasteiger partial charge is 0.219 e. The van der Waals surface area contributed by atoms with Gasteiger partial charge in [0.15, 0.2) is 0 Å². The average Bonchev–Trinajstić information content (AvgIpc) is 2.06. The molecule has 0 aromatic heterocycles.